The minimum Gasteiger partial charge on any atom is -0.497 e. The van der Waals surface area contributed by atoms with E-state index < -0.39 is 35.6 Å². The molecule has 1 unspecified atom stereocenters. The van der Waals surface area contributed by atoms with Crippen molar-refractivity contribution in [1.82, 2.24) is 15.2 Å². The number of nitrogens with one attached hydrogen (secondary N) is 3. The zero-order valence-corrected chi connectivity index (χ0v) is 19.1. The van der Waals surface area contributed by atoms with Crippen LogP contribution in [-0.4, -0.2) is 52.6 Å². The number of nitrogens with zero attached hydrogens (tertiary/aromatic N) is 1. The number of methoxy groups -OCH3 is 1. The van der Waals surface area contributed by atoms with E-state index in [0.29, 0.717) is 23.6 Å². The van der Waals surface area contributed by atoms with Gasteiger partial charge in [-0.05, 0) is 54.8 Å². The van der Waals surface area contributed by atoms with Crippen molar-refractivity contribution in [3.05, 3.63) is 58.8 Å². The Hall–Kier alpha value is -4.47. The maximum absolute atomic E-state index is 13.1. The fourth-order valence-electron chi connectivity index (χ4n) is 4.66. The first-order valence-corrected chi connectivity index (χ1v) is 11.2. The Morgan fingerprint density at radius 3 is 2.57 bits per heavy atom. The quantitative estimate of drug-likeness (QED) is 0.486. The molecule has 0 radical (unpaired) electrons. The van der Waals surface area contributed by atoms with Gasteiger partial charge in [-0.2, -0.15) is 0 Å². The Morgan fingerprint density at radius 2 is 1.86 bits per heavy atom. The molecule has 0 saturated carbocycles. The first-order chi connectivity index (χ1) is 16.8. The molecule has 1 fully saturated rings. The molecule has 2 aliphatic heterocycles. The number of hydrogen-bond donors (Lipinski definition) is 3. The molecule has 0 aliphatic carbocycles. The molecule has 0 spiro atoms. The SMILES string of the molecule is CCc1c(C(=O)Nc2ccc3c(c2)C(=O)N(C2CCC(=O)NC2=O)C3=O)[nH]c2ccc(OC)cc12. The molecule has 3 aromatic rings. The second-order valence-corrected chi connectivity index (χ2v) is 8.41. The number of aromatic amines is 1. The number of amides is 5. The molecule has 0 bridgehead atoms. The molecule has 3 N–H and O–H groups in total. The smallest absolute Gasteiger partial charge is 0.272 e. The van der Waals surface area contributed by atoms with Gasteiger partial charge in [-0.25, -0.2) is 0 Å². The van der Waals surface area contributed by atoms with Crippen LogP contribution in [0.4, 0.5) is 5.69 Å². The number of imide groups is 2. The molecule has 5 rings (SSSR count). The number of aryl methyl sites for hydroxylation is 1. The molecule has 5 amide bonds. The zero-order valence-electron chi connectivity index (χ0n) is 19.1. The lowest BCUT2D eigenvalue weighted by atomic mass is 10.0. The summed E-state index contributed by atoms with van der Waals surface area (Å²) in [7, 11) is 1.58. The fourth-order valence-corrected chi connectivity index (χ4v) is 4.66. The average molecular weight is 474 g/mol. The summed E-state index contributed by atoms with van der Waals surface area (Å²) < 4.78 is 5.29. The number of benzene rings is 2. The van der Waals surface area contributed by atoms with Crippen LogP contribution >= 0.6 is 0 Å². The normalized spacial score (nSPS) is 17.5. The molecule has 2 aliphatic rings. The van der Waals surface area contributed by atoms with E-state index in [1.54, 1.807) is 13.2 Å². The predicted molar refractivity (Wildman–Crippen MR) is 125 cm³/mol. The molecular weight excluding hydrogens is 452 g/mol. The van der Waals surface area contributed by atoms with Gasteiger partial charge in [-0.15, -0.1) is 0 Å². The maximum Gasteiger partial charge on any atom is 0.272 e. The highest BCUT2D eigenvalue weighted by Gasteiger charge is 2.44. The number of aromatic nitrogens is 1. The Kier molecular flexibility index (Phi) is 5.35. The van der Waals surface area contributed by atoms with Gasteiger partial charge in [0.05, 0.1) is 18.2 Å². The Balaban J connectivity index is 1.42. The van der Waals surface area contributed by atoms with Crippen LogP contribution in [0, 0.1) is 0 Å². The molecule has 35 heavy (non-hydrogen) atoms. The van der Waals surface area contributed by atoms with Crippen LogP contribution in [0.15, 0.2) is 36.4 Å². The van der Waals surface area contributed by atoms with E-state index in [0.717, 1.165) is 21.4 Å². The number of carbonyl (C=O) groups is 5. The van der Waals surface area contributed by atoms with Crippen molar-refractivity contribution in [3.63, 3.8) is 0 Å². The zero-order chi connectivity index (χ0) is 24.9. The number of H-pyrrole nitrogens is 1. The molecule has 178 valence electrons. The van der Waals surface area contributed by atoms with E-state index in [4.69, 9.17) is 4.74 Å². The van der Waals surface area contributed by atoms with E-state index in [1.807, 2.05) is 19.1 Å². The van der Waals surface area contributed by atoms with Gasteiger partial charge < -0.3 is 15.0 Å². The molecule has 10 nitrogen and oxygen atoms in total. The number of carbonyl (C=O) groups excluding carboxylic acids is 5. The summed E-state index contributed by atoms with van der Waals surface area (Å²) in [6.07, 6.45) is 0.722. The number of fused-ring (bicyclic) bond motifs is 2. The van der Waals surface area contributed by atoms with E-state index in [2.05, 4.69) is 15.6 Å². The summed E-state index contributed by atoms with van der Waals surface area (Å²) in [5.74, 6) is -2.06. The van der Waals surface area contributed by atoms with Crippen molar-refractivity contribution in [1.29, 1.82) is 0 Å². The number of piperidine rings is 1. The van der Waals surface area contributed by atoms with Gasteiger partial charge in [-0.1, -0.05) is 6.92 Å². The van der Waals surface area contributed by atoms with Crippen LogP contribution in [0.5, 0.6) is 5.75 Å². The van der Waals surface area contributed by atoms with Gasteiger partial charge in [0.1, 0.15) is 17.5 Å². The molecule has 3 heterocycles. The van der Waals surface area contributed by atoms with Crippen LogP contribution in [0.25, 0.3) is 10.9 Å². The van der Waals surface area contributed by atoms with Gasteiger partial charge in [0.15, 0.2) is 0 Å². The Labute approximate surface area is 199 Å². The number of rotatable bonds is 5. The second kappa shape index (κ2) is 8.39. The predicted octanol–water partition coefficient (Wildman–Crippen LogP) is 2.39. The summed E-state index contributed by atoms with van der Waals surface area (Å²) in [5.41, 5.74) is 2.58. The van der Waals surface area contributed by atoms with Crippen molar-refractivity contribution in [2.24, 2.45) is 0 Å². The van der Waals surface area contributed by atoms with Crippen molar-refractivity contribution < 1.29 is 28.7 Å². The molecule has 1 aromatic heterocycles. The Bertz CT molecular complexity index is 1440. The van der Waals surface area contributed by atoms with Crippen LogP contribution in [-0.2, 0) is 16.0 Å². The van der Waals surface area contributed by atoms with Crippen molar-refractivity contribution in [2.45, 2.75) is 32.2 Å². The van der Waals surface area contributed by atoms with E-state index >= 15 is 0 Å². The Morgan fingerprint density at radius 1 is 1.09 bits per heavy atom. The third-order valence-corrected chi connectivity index (χ3v) is 6.39. The van der Waals surface area contributed by atoms with Crippen molar-refractivity contribution in [3.8, 4) is 5.75 Å². The summed E-state index contributed by atoms with van der Waals surface area (Å²) in [5, 5.41) is 5.84. The van der Waals surface area contributed by atoms with Gasteiger partial charge in [0, 0.05) is 23.0 Å². The average Bonchev–Trinajstić information content (AvgIpc) is 3.33. The van der Waals surface area contributed by atoms with Crippen LogP contribution in [0.3, 0.4) is 0 Å². The van der Waals surface area contributed by atoms with E-state index in [-0.39, 0.29) is 24.0 Å². The summed E-state index contributed by atoms with van der Waals surface area (Å²) >= 11 is 0. The van der Waals surface area contributed by atoms with Crippen LogP contribution < -0.4 is 15.4 Å². The van der Waals surface area contributed by atoms with E-state index in [1.165, 1.54) is 18.2 Å². The van der Waals surface area contributed by atoms with Crippen LogP contribution in [0.2, 0.25) is 0 Å². The van der Waals surface area contributed by atoms with Crippen LogP contribution in [0.1, 0.15) is 56.5 Å². The molecule has 1 atom stereocenters. The van der Waals surface area contributed by atoms with Gasteiger partial charge >= 0.3 is 0 Å². The lowest BCUT2D eigenvalue weighted by Gasteiger charge is -2.27. The molecule has 10 heteroatoms. The monoisotopic (exact) mass is 474 g/mol. The minimum atomic E-state index is -1.05. The van der Waals surface area contributed by atoms with Crippen molar-refractivity contribution in [2.75, 3.05) is 12.4 Å². The highest BCUT2D eigenvalue weighted by atomic mass is 16.5. The standard InChI is InChI=1S/C25H22N4O6/c1-3-14-16-11-13(35-2)5-7-18(16)27-21(14)23(32)26-12-4-6-15-17(10-12)25(34)29(24(15)33)19-8-9-20(30)28-22(19)31/h4-7,10-11,19,27H,3,8-9H2,1-2H3,(H,26,32)(H,28,30,31). The highest BCUT2D eigenvalue weighted by molar-refractivity contribution is 6.24. The molecule has 1 saturated heterocycles. The third-order valence-electron chi connectivity index (χ3n) is 6.39. The lowest BCUT2D eigenvalue weighted by molar-refractivity contribution is -0.136. The maximum atomic E-state index is 13.1. The highest BCUT2D eigenvalue weighted by Crippen LogP contribution is 2.31. The first kappa shape index (κ1) is 22.3. The molecular formula is C25H22N4O6. The van der Waals surface area contributed by atoms with Gasteiger partial charge in [0.25, 0.3) is 17.7 Å². The molecule has 2 aromatic carbocycles. The summed E-state index contributed by atoms with van der Waals surface area (Å²) in [6.45, 7) is 1.95. The summed E-state index contributed by atoms with van der Waals surface area (Å²) in [6, 6.07) is 8.88. The fraction of sp³-hybridized carbons (Fsp3) is 0.240. The largest absolute Gasteiger partial charge is 0.497 e. The van der Waals surface area contributed by atoms with Gasteiger partial charge in [-0.3, -0.25) is 34.2 Å². The van der Waals surface area contributed by atoms with Crippen molar-refractivity contribution >= 4 is 46.1 Å². The number of ether oxygens (including phenoxy) is 1. The third kappa shape index (κ3) is 3.63. The minimum absolute atomic E-state index is 0.0429. The first-order valence-electron chi connectivity index (χ1n) is 11.2. The number of hydrogen-bond acceptors (Lipinski definition) is 6. The van der Waals surface area contributed by atoms with E-state index in [9.17, 15) is 24.0 Å². The second-order valence-electron chi connectivity index (χ2n) is 8.41. The lowest BCUT2D eigenvalue weighted by Crippen LogP contribution is -2.54. The topological polar surface area (TPSA) is 138 Å². The number of anilines is 1. The summed E-state index contributed by atoms with van der Waals surface area (Å²) in [4.78, 5) is 66.7. The van der Waals surface area contributed by atoms with Gasteiger partial charge in [0.2, 0.25) is 11.8 Å².